The summed E-state index contributed by atoms with van der Waals surface area (Å²) in [7, 11) is 3.09. The van der Waals surface area contributed by atoms with Crippen molar-refractivity contribution in [2.75, 3.05) is 19.1 Å². The molecule has 2 aromatic carbocycles. The summed E-state index contributed by atoms with van der Waals surface area (Å²) >= 11 is 0. The summed E-state index contributed by atoms with van der Waals surface area (Å²) in [5.41, 5.74) is 2.94. The van der Waals surface area contributed by atoms with Gasteiger partial charge in [-0.15, -0.1) is 0 Å². The summed E-state index contributed by atoms with van der Waals surface area (Å²) in [5.74, 6) is 0.0870. The molecule has 0 radical (unpaired) electrons. The van der Waals surface area contributed by atoms with Gasteiger partial charge in [0.1, 0.15) is 29.7 Å². The van der Waals surface area contributed by atoms with Crippen LogP contribution in [0.15, 0.2) is 53.1 Å². The van der Waals surface area contributed by atoms with Crippen LogP contribution >= 0.6 is 0 Å². The first kappa shape index (κ1) is 25.7. The van der Waals surface area contributed by atoms with Gasteiger partial charge < -0.3 is 30.1 Å². The summed E-state index contributed by atoms with van der Waals surface area (Å²) in [6, 6.07) is 10.3. The zero-order chi connectivity index (χ0) is 24.5. The normalized spacial score (nSPS) is 14.6. The number of rotatable bonds is 7. The SMILES string of the molecule is COc1ccc(COc2c(OC)ccc3c2C[C@@H](C(=O)O)N(c2nc4ccc(F)cc4o2)C3)nc1.[H-].[Na+]. The number of fused-ring (bicyclic) bond motifs is 2. The number of pyridine rings is 1. The van der Waals surface area contributed by atoms with Crippen LogP contribution < -0.4 is 48.7 Å². The molecule has 182 valence electrons. The smallest absolute Gasteiger partial charge is 1.00 e. The summed E-state index contributed by atoms with van der Waals surface area (Å²) in [4.78, 5) is 22.5. The van der Waals surface area contributed by atoms with Gasteiger partial charge in [-0.1, -0.05) is 6.07 Å². The summed E-state index contributed by atoms with van der Waals surface area (Å²) in [6.45, 7) is 0.373. The fourth-order valence-corrected chi connectivity index (χ4v) is 4.13. The molecule has 0 saturated carbocycles. The summed E-state index contributed by atoms with van der Waals surface area (Å²) in [5, 5.41) is 10.0. The van der Waals surface area contributed by atoms with Gasteiger partial charge in [0.2, 0.25) is 0 Å². The van der Waals surface area contributed by atoms with E-state index in [1.165, 1.54) is 25.3 Å². The Bertz CT molecular complexity index is 1400. The number of methoxy groups -OCH3 is 2. The van der Waals surface area contributed by atoms with Crippen molar-refractivity contribution in [1.29, 1.82) is 0 Å². The zero-order valence-corrected chi connectivity index (χ0v) is 22.0. The van der Waals surface area contributed by atoms with E-state index in [0.29, 0.717) is 28.5 Å². The number of nitrogens with zero attached hydrogens (tertiary/aromatic N) is 3. The van der Waals surface area contributed by atoms with Crippen LogP contribution in [0.25, 0.3) is 11.1 Å². The first-order chi connectivity index (χ1) is 17.0. The Morgan fingerprint density at radius 2 is 2.06 bits per heavy atom. The molecule has 2 aromatic heterocycles. The van der Waals surface area contributed by atoms with Crippen LogP contribution in [0.1, 0.15) is 18.2 Å². The van der Waals surface area contributed by atoms with Crippen LogP contribution in [-0.4, -0.2) is 41.3 Å². The number of benzene rings is 2. The molecule has 5 rings (SSSR count). The molecule has 0 spiro atoms. The second-order valence-electron chi connectivity index (χ2n) is 8.01. The number of ether oxygens (including phenoxy) is 3. The monoisotopic (exact) mass is 503 g/mol. The average Bonchev–Trinajstić information content (AvgIpc) is 3.29. The number of oxazole rings is 1. The Kier molecular flexibility index (Phi) is 7.67. The second kappa shape index (κ2) is 10.7. The predicted molar refractivity (Wildman–Crippen MR) is 125 cm³/mol. The Balaban J connectivity index is 0.00000190. The van der Waals surface area contributed by atoms with Crippen molar-refractivity contribution in [3.05, 3.63) is 71.3 Å². The van der Waals surface area contributed by atoms with Crippen molar-refractivity contribution in [2.24, 2.45) is 0 Å². The van der Waals surface area contributed by atoms with Crippen LogP contribution in [0.3, 0.4) is 0 Å². The van der Waals surface area contributed by atoms with Crippen molar-refractivity contribution in [2.45, 2.75) is 25.6 Å². The van der Waals surface area contributed by atoms with Gasteiger partial charge >= 0.3 is 35.5 Å². The number of carboxylic acid groups (broad SMARTS) is 1. The number of hydrogen-bond acceptors (Lipinski definition) is 8. The van der Waals surface area contributed by atoms with Crippen molar-refractivity contribution in [1.82, 2.24) is 9.97 Å². The number of carbonyl (C=O) groups is 1. The second-order valence-corrected chi connectivity index (χ2v) is 8.01. The molecular weight excluding hydrogens is 480 g/mol. The minimum atomic E-state index is -1.05. The number of aromatic nitrogens is 2. The Morgan fingerprint density at radius 3 is 2.75 bits per heavy atom. The van der Waals surface area contributed by atoms with Crippen LogP contribution in [-0.2, 0) is 24.4 Å². The van der Waals surface area contributed by atoms with Gasteiger partial charge in [-0.25, -0.2) is 9.18 Å². The molecule has 1 atom stereocenters. The molecular formula is C25H23FN3NaO6. The van der Waals surface area contributed by atoms with Gasteiger partial charge in [-0.2, -0.15) is 4.98 Å². The molecule has 0 fully saturated rings. The molecule has 0 amide bonds. The third-order valence-corrected chi connectivity index (χ3v) is 5.92. The summed E-state index contributed by atoms with van der Waals surface area (Å²) < 4.78 is 36.1. The van der Waals surface area contributed by atoms with Gasteiger partial charge in [0.25, 0.3) is 6.01 Å². The molecule has 11 heteroatoms. The minimum Gasteiger partial charge on any atom is -1.00 e. The van der Waals surface area contributed by atoms with Crippen molar-refractivity contribution < 1.29 is 63.9 Å². The van der Waals surface area contributed by atoms with E-state index in [0.717, 1.165) is 11.1 Å². The van der Waals surface area contributed by atoms with Crippen LogP contribution in [0.2, 0.25) is 0 Å². The van der Waals surface area contributed by atoms with E-state index in [1.807, 2.05) is 6.07 Å². The van der Waals surface area contributed by atoms with E-state index in [4.69, 9.17) is 18.6 Å². The maximum atomic E-state index is 13.6. The Labute approximate surface area is 229 Å². The van der Waals surface area contributed by atoms with Crippen molar-refractivity contribution >= 4 is 23.1 Å². The molecule has 1 N–H and O–H groups in total. The molecule has 0 bridgehead atoms. The quantitative estimate of drug-likeness (QED) is 0.371. The van der Waals surface area contributed by atoms with Crippen molar-refractivity contribution in [3.8, 4) is 17.2 Å². The fourth-order valence-electron chi connectivity index (χ4n) is 4.13. The maximum absolute atomic E-state index is 13.6. The third-order valence-electron chi connectivity index (χ3n) is 5.92. The fraction of sp³-hybridized carbons (Fsp3) is 0.240. The number of carboxylic acids is 1. The average molecular weight is 503 g/mol. The number of aliphatic carboxylic acids is 1. The summed E-state index contributed by atoms with van der Waals surface area (Å²) in [6.07, 6.45) is 1.72. The van der Waals surface area contributed by atoms with E-state index in [1.54, 1.807) is 36.4 Å². The number of anilines is 1. The van der Waals surface area contributed by atoms with Gasteiger partial charge in [-0.05, 0) is 35.9 Å². The van der Waals surface area contributed by atoms with E-state index >= 15 is 0 Å². The van der Waals surface area contributed by atoms with E-state index in [-0.39, 0.29) is 62.2 Å². The largest absolute Gasteiger partial charge is 1.00 e. The van der Waals surface area contributed by atoms with E-state index in [9.17, 15) is 14.3 Å². The Hall–Kier alpha value is -3.34. The standard InChI is InChI=1S/C25H22FN3O6.Na.H/c1-32-17-6-5-16(27-11-17)13-34-23-18-10-20(24(30)31)29(12-14(18)3-8-21(23)33-2)25-28-19-7-4-15(26)9-22(19)35-25;;/h3-9,11,20H,10,12-13H2,1-2H3,(H,30,31);;/q;+1;-1/t20-;;/m0../s1. The predicted octanol–water partition coefficient (Wildman–Crippen LogP) is 1.09. The zero-order valence-electron chi connectivity index (χ0n) is 21.0. The Morgan fingerprint density at radius 1 is 1.22 bits per heavy atom. The number of hydrogen-bond donors (Lipinski definition) is 1. The molecule has 4 aromatic rings. The van der Waals surface area contributed by atoms with Gasteiger partial charge in [0, 0.05) is 24.6 Å². The maximum Gasteiger partial charge on any atom is 1.00 e. The molecule has 9 nitrogen and oxygen atoms in total. The molecule has 1 aliphatic rings. The minimum absolute atomic E-state index is 0. The van der Waals surface area contributed by atoms with Gasteiger partial charge in [-0.3, -0.25) is 4.98 Å². The van der Waals surface area contributed by atoms with E-state index < -0.39 is 17.8 Å². The molecule has 0 unspecified atom stereocenters. The van der Waals surface area contributed by atoms with Gasteiger partial charge in [0.15, 0.2) is 17.1 Å². The molecule has 36 heavy (non-hydrogen) atoms. The molecule has 0 saturated heterocycles. The van der Waals surface area contributed by atoms with Crippen LogP contribution in [0, 0.1) is 5.82 Å². The molecule has 0 aliphatic carbocycles. The van der Waals surface area contributed by atoms with Crippen molar-refractivity contribution in [3.63, 3.8) is 0 Å². The molecule has 1 aliphatic heterocycles. The first-order valence-electron chi connectivity index (χ1n) is 10.8. The third kappa shape index (κ3) is 4.97. The van der Waals surface area contributed by atoms with Crippen LogP contribution in [0.4, 0.5) is 10.4 Å². The molecule has 3 heterocycles. The van der Waals surface area contributed by atoms with Crippen LogP contribution in [0.5, 0.6) is 17.2 Å². The van der Waals surface area contributed by atoms with Gasteiger partial charge in [0.05, 0.1) is 26.1 Å². The topological polar surface area (TPSA) is 107 Å². The number of halogens is 1. The van der Waals surface area contributed by atoms with E-state index in [2.05, 4.69) is 9.97 Å². The first-order valence-corrected chi connectivity index (χ1v) is 10.8.